The molecule has 2 aliphatic carbocycles. The van der Waals surface area contributed by atoms with Gasteiger partial charge in [0.2, 0.25) is 0 Å². The number of ether oxygens (including phenoxy) is 4. The van der Waals surface area contributed by atoms with Gasteiger partial charge in [-0.25, -0.2) is 4.79 Å². The highest BCUT2D eigenvalue weighted by Gasteiger charge is 2.43. The topological polar surface area (TPSA) is 112 Å². The lowest BCUT2D eigenvalue weighted by atomic mass is 9.65. The van der Waals surface area contributed by atoms with Gasteiger partial charge < -0.3 is 29.0 Å². The van der Waals surface area contributed by atoms with Crippen LogP contribution < -0.4 is 4.74 Å². The number of aromatic hydroxyl groups is 1. The Bertz CT molecular complexity index is 1220. The van der Waals surface area contributed by atoms with Crippen molar-refractivity contribution in [1.29, 1.82) is 0 Å². The van der Waals surface area contributed by atoms with Crippen molar-refractivity contribution in [2.45, 2.75) is 91.0 Å². The molecule has 3 aliphatic rings. The molecule has 1 aromatic rings. The van der Waals surface area contributed by atoms with Crippen molar-refractivity contribution >= 4 is 18.0 Å². The third-order valence-electron chi connectivity index (χ3n) is 9.40. The Balaban J connectivity index is 1.49. The number of methoxy groups -OCH3 is 2. The van der Waals surface area contributed by atoms with E-state index in [1.165, 1.54) is 25.9 Å². The number of rotatable bonds is 11. The normalized spacial score (nSPS) is 29.2. The van der Waals surface area contributed by atoms with E-state index >= 15 is 0 Å². The first-order valence-electron chi connectivity index (χ1n) is 15.5. The van der Waals surface area contributed by atoms with Gasteiger partial charge in [-0.1, -0.05) is 52.0 Å². The number of benzene rings is 1. The van der Waals surface area contributed by atoms with E-state index < -0.39 is 18.1 Å². The van der Waals surface area contributed by atoms with Crippen LogP contribution in [0.2, 0.25) is 0 Å². The fourth-order valence-electron chi connectivity index (χ4n) is 6.73. The smallest absolute Gasteiger partial charge is 0.410 e. The van der Waals surface area contributed by atoms with Crippen molar-refractivity contribution in [3.05, 3.63) is 47.6 Å². The Kier molecular flexibility index (Phi) is 10.8. The number of cyclic esters (lactones) is 1. The summed E-state index contributed by atoms with van der Waals surface area (Å²) >= 11 is 0. The lowest BCUT2D eigenvalue weighted by Gasteiger charge is -2.44. The zero-order valence-electron chi connectivity index (χ0n) is 26.3. The number of esters is 2. The Hall–Kier alpha value is -3.49. The van der Waals surface area contributed by atoms with E-state index in [2.05, 4.69) is 32.1 Å². The summed E-state index contributed by atoms with van der Waals surface area (Å²) in [6.45, 7) is 8.47. The largest absolute Gasteiger partial charge is 0.504 e. The van der Waals surface area contributed by atoms with Crippen LogP contribution in [-0.4, -0.2) is 60.5 Å². The van der Waals surface area contributed by atoms with E-state index in [0.717, 1.165) is 24.8 Å². The first-order valence-corrected chi connectivity index (χ1v) is 15.5. The maximum absolute atomic E-state index is 13.3. The lowest BCUT2D eigenvalue weighted by molar-refractivity contribution is -0.158. The van der Waals surface area contributed by atoms with E-state index in [4.69, 9.17) is 18.9 Å². The van der Waals surface area contributed by atoms with Gasteiger partial charge in [-0.15, -0.1) is 0 Å². The van der Waals surface area contributed by atoms with Crippen LogP contribution in [-0.2, 0) is 30.3 Å². The molecule has 43 heavy (non-hydrogen) atoms. The van der Waals surface area contributed by atoms with Crippen molar-refractivity contribution in [2.75, 3.05) is 14.2 Å². The van der Waals surface area contributed by atoms with Crippen molar-refractivity contribution in [3.63, 3.8) is 0 Å². The highest BCUT2D eigenvalue weighted by molar-refractivity contribution is 5.74. The number of fused-ring (bicyclic) bond motifs is 1. The summed E-state index contributed by atoms with van der Waals surface area (Å²) < 4.78 is 22.3. The second-order valence-electron chi connectivity index (χ2n) is 12.5. The molecule has 0 aromatic heterocycles. The van der Waals surface area contributed by atoms with Crippen LogP contribution in [0.15, 0.2) is 42.0 Å². The maximum Gasteiger partial charge on any atom is 0.410 e. The second-order valence-corrected chi connectivity index (χ2v) is 12.5. The van der Waals surface area contributed by atoms with Gasteiger partial charge in [-0.05, 0) is 66.7 Å². The number of carbonyl (C=O) groups excluding carboxylic acids is 3. The zero-order valence-corrected chi connectivity index (χ0v) is 26.3. The molecule has 1 amide bonds. The number of amides is 1. The summed E-state index contributed by atoms with van der Waals surface area (Å²) in [6.07, 6.45) is 9.21. The highest BCUT2D eigenvalue weighted by atomic mass is 16.6. The molecule has 9 heteroatoms. The summed E-state index contributed by atoms with van der Waals surface area (Å²) in [5.74, 6) is 0.541. The number of allylic oxidation sites excluding steroid dienone is 3. The molecule has 236 valence electrons. The van der Waals surface area contributed by atoms with Gasteiger partial charge in [0, 0.05) is 24.9 Å². The van der Waals surface area contributed by atoms with Crippen LogP contribution in [0.3, 0.4) is 0 Å². The van der Waals surface area contributed by atoms with E-state index in [1.807, 2.05) is 13.8 Å². The maximum atomic E-state index is 13.3. The lowest BCUT2D eigenvalue weighted by Crippen LogP contribution is -2.49. The van der Waals surface area contributed by atoms with Crippen LogP contribution in [0.25, 0.3) is 0 Å². The Labute approximate surface area is 255 Å². The van der Waals surface area contributed by atoms with E-state index in [1.54, 1.807) is 17.0 Å². The summed E-state index contributed by atoms with van der Waals surface area (Å²) in [5.41, 5.74) is 1.97. The van der Waals surface area contributed by atoms with Gasteiger partial charge in [0.05, 0.1) is 26.6 Å². The minimum absolute atomic E-state index is 0.00716. The molecule has 1 aliphatic heterocycles. The standard InChI is InChI=1S/C34H47NO8/c1-7-21(3)33(38)43-30-15-20(2)14-24-10-8-22(4)27(32(24)30)12-11-26-17-25(18-31(37)41-6)35(34(39)42-26)19-23-9-13-28(36)29(16-23)40-5/h8-10,13-14,16,20-22,25-27,30,32,36H,7,11-12,15,17-19H2,1-6H3/t20-,21-,22-,25+,26+,27-,30-,32-/m0/s1. The summed E-state index contributed by atoms with van der Waals surface area (Å²) in [5, 5.41) is 9.97. The number of carbonyl (C=O) groups is 3. The third kappa shape index (κ3) is 7.73. The quantitative estimate of drug-likeness (QED) is 0.238. The first-order chi connectivity index (χ1) is 20.5. The van der Waals surface area contributed by atoms with Gasteiger partial charge in [0.1, 0.15) is 12.2 Å². The predicted octanol–water partition coefficient (Wildman–Crippen LogP) is 6.19. The van der Waals surface area contributed by atoms with Crippen LogP contribution >= 0.6 is 0 Å². The fourth-order valence-corrected chi connectivity index (χ4v) is 6.73. The molecule has 0 unspecified atom stereocenters. The molecule has 0 saturated carbocycles. The number of phenolic OH excluding ortho intramolecular Hbond substituents is 1. The third-order valence-corrected chi connectivity index (χ3v) is 9.40. The summed E-state index contributed by atoms with van der Waals surface area (Å²) in [4.78, 5) is 40.1. The van der Waals surface area contributed by atoms with E-state index in [0.29, 0.717) is 24.5 Å². The van der Waals surface area contributed by atoms with Gasteiger partial charge in [0.15, 0.2) is 11.5 Å². The molecule has 8 atom stereocenters. The molecule has 1 heterocycles. The number of phenols is 1. The number of hydrogen-bond donors (Lipinski definition) is 1. The van der Waals surface area contributed by atoms with Gasteiger partial charge in [-0.3, -0.25) is 9.59 Å². The average Bonchev–Trinajstić information content (AvgIpc) is 2.98. The highest BCUT2D eigenvalue weighted by Crippen LogP contribution is 2.45. The monoisotopic (exact) mass is 597 g/mol. The molecule has 9 nitrogen and oxygen atoms in total. The SMILES string of the molecule is CC[C@H](C)C(=O)O[C@H]1C[C@@H](C)C=C2C=C[C@H](C)[C@H](CC[C@@H]3C[C@H](CC(=O)OC)N(Cc4ccc(O)c(OC)c4)C(=O)O3)[C@H]21. The zero-order chi connectivity index (χ0) is 31.3. The van der Waals surface area contributed by atoms with Crippen LogP contribution in [0.5, 0.6) is 11.5 Å². The number of nitrogens with zero attached hydrogens (tertiary/aromatic N) is 1. The van der Waals surface area contributed by atoms with Gasteiger partial charge in [-0.2, -0.15) is 0 Å². The molecule has 0 bridgehead atoms. The fraction of sp³-hybridized carbons (Fsp3) is 0.618. The molecular weight excluding hydrogens is 550 g/mol. The average molecular weight is 598 g/mol. The Morgan fingerprint density at radius 1 is 1.16 bits per heavy atom. The van der Waals surface area contributed by atoms with Crippen molar-refractivity contribution < 1.29 is 38.4 Å². The molecule has 1 aromatic carbocycles. The Morgan fingerprint density at radius 2 is 1.93 bits per heavy atom. The molecular formula is C34H47NO8. The minimum Gasteiger partial charge on any atom is -0.504 e. The van der Waals surface area contributed by atoms with Crippen molar-refractivity contribution in [2.24, 2.45) is 29.6 Å². The molecule has 1 fully saturated rings. The number of hydrogen-bond acceptors (Lipinski definition) is 8. The molecule has 1 saturated heterocycles. The minimum atomic E-state index is -0.485. The van der Waals surface area contributed by atoms with Crippen LogP contribution in [0.1, 0.15) is 71.8 Å². The summed E-state index contributed by atoms with van der Waals surface area (Å²) in [6, 6.07) is 4.49. The van der Waals surface area contributed by atoms with Crippen LogP contribution in [0.4, 0.5) is 4.79 Å². The van der Waals surface area contributed by atoms with E-state index in [9.17, 15) is 19.5 Å². The molecule has 4 rings (SSSR count). The van der Waals surface area contributed by atoms with E-state index in [-0.39, 0.29) is 60.6 Å². The van der Waals surface area contributed by atoms with Crippen molar-refractivity contribution in [3.8, 4) is 11.5 Å². The second kappa shape index (κ2) is 14.3. The van der Waals surface area contributed by atoms with Gasteiger partial charge >= 0.3 is 18.0 Å². The Morgan fingerprint density at radius 3 is 2.63 bits per heavy atom. The first kappa shape index (κ1) is 32.4. The predicted molar refractivity (Wildman–Crippen MR) is 161 cm³/mol. The molecule has 0 radical (unpaired) electrons. The molecule has 0 spiro atoms. The van der Waals surface area contributed by atoms with Gasteiger partial charge in [0.25, 0.3) is 0 Å². The van der Waals surface area contributed by atoms with Crippen LogP contribution in [0, 0.1) is 29.6 Å². The molecule has 1 N–H and O–H groups in total. The summed E-state index contributed by atoms with van der Waals surface area (Å²) in [7, 11) is 2.81. The van der Waals surface area contributed by atoms with Crippen molar-refractivity contribution in [1.82, 2.24) is 4.90 Å².